The monoisotopic (exact) mass is 424 g/mol. The highest BCUT2D eigenvalue weighted by molar-refractivity contribution is 6.83. The standard InChI is InChI=1S/C29H22BN3/c1-30(28-13-4-6-17-31-28)23-10-8-9-21(19-23)22-15-16-25-24-11-2-3-12-26(24)33(27(25)20-22)29-14-5-7-18-32-29/h2-20H,1H3/i4D. The normalized spacial score (nSPS) is 11.6. The third-order valence-corrected chi connectivity index (χ3v) is 6.34. The largest absolute Gasteiger partial charge is 0.294 e. The second-order valence-electron chi connectivity index (χ2n) is 8.30. The molecule has 3 heterocycles. The number of aromatic nitrogens is 3. The molecule has 33 heavy (non-hydrogen) atoms. The molecule has 0 aliphatic rings. The maximum absolute atomic E-state index is 7.93. The van der Waals surface area contributed by atoms with Crippen LogP contribution < -0.4 is 11.1 Å². The van der Waals surface area contributed by atoms with Gasteiger partial charge in [-0.15, -0.1) is 0 Å². The summed E-state index contributed by atoms with van der Waals surface area (Å²) in [4.78, 5) is 9.14. The number of benzene rings is 3. The smallest absolute Gasteiger partial charge is 0.230 e. The van der Waals surface area contributed by atoms with Gasteiger partial charge in [0, 0.05) is 28.8 Å². The Kier molecular flexibility index (Phi) is 4.50. The molecule has 0 N–H and O–H groups in total. The van der Waals surface area contributed by atoms with Crippen LogP contribution in [0, 0.1) is 0 Å². The Morgan fingerprint density at radius 2 is 1.52 bits per heavy atom. The van der Waals surface area contributed by atoms with Crippen molar-refractivity contribution < 1.29 is 1.37 Å². The van der Waals surface area contributed by atoms with Crippen LogP contribution in [0.5, 0.6) is 0 Å². The van der Waals surface area contributed by atoms with Crippen molar-refractivity contribution in [3.05, 3.63) is 115 Å². The fourth-order valence-electron chi connectivity index (χ4n) is 4.62. The number of hydrogen-bond acceptors (Lipinski definition) is 2. The molecule has 0 bridgehead atoms. The van der Waals surface area contributed by atoms with E-state index in [2.05, 4.69) is 88.1 Å². The van der Waals surface area contributed by atoms with Gasteiger partial charge in [0.25, 0.3) is 0 Å². The molecule has 0 amide bonds. The van der Waals surface area contributed by atoms with E-state index < -0.39 is 0 Å². The topological polar surface area (TPSA) is 30.7 Å². The van der Waals surface area contributed by atoms with Crippen molar-refractivity contribution in [2.24, 2.45) is 0 Å². The summed E-state index contributed by atoms with van der Waals surface area (Å²) in [5.74, 6) is 0.912. The number of fused-ring (bicyclic) bond motifs is 3. The average Bonchev–Trinajstić information content (AvgIpc) is 3.22. The van der Waals surface area contributed by atoms with Gasteiger partial charge in [0.15, 0.2) is 0 Å². The molecule has 0 saturated carbocycles. The molecule has 0 spiro atoms. The van der Waals surface area contributed by atoms with Gasteiger partial charge >= 0.3 is 0 Å². The van der Waals surface area contributed by atoms with Crippen molar-refractivity contribution in [3.8, 4) is 16.9 Å². The number of hydrogen-bond donors (Lipinski definition) is 0. The van der Waals surface area contributed by atoms with Crippen LogP contribution in [-0.4, -0.2) is 21.2 Å². The second kappa shape index (κ2) is 8.07. The van der Waals surface area contributed by atoms with Crippen LogP contribution in [0.3, 0.4) is 0 Å². The van der Waals surface area contributed by atoms with Gasteiger partial charge in [0.05, 0.1) is 12.4 Å². The SMILES string of the molecule is [2H]c1ccnc(B(C)c2cccc(-c3ccc4c5ccccc5n(-c5ccccn5)c4c3)c2)c1. The lowest BCUT2D eigenvalue weighted by Gasteiger charge is -2.11. The lowest BCUT2D eigenvalue weighted by Crippen LogP contribution is -2.40. The minimum absolute atomic E-state index is 0.106. The minimum Gasteiger partial charge on any atom is -0.294 e. The van der Waals surface area contributed by atoms with Gasteiger partial charge in [-0.25, -0.2) is 4.98 Å². The first-order valence-electron chi connectivity index (χ1n) is 11.7. The summed E-state index contributed by atoms with van der Waals surface area (Å²) in [5.41, 5.74) is 6.70. The highest BCUT2D eigenvalue weighted by Gasteiger charge is 2.16. The van der Waals surface area contributed by atoms with Gasteiger partial charge in [-0.05, 0) is 47.5 Å². The summed E-state index contributed by atoms with van der Waals surface area (Å²) in [7, 11) is 0. The van der Waals surface area contributed by atoms with Crippen molar-refractivity contribution in [1.82, 2.24) is 14.5 Å². The van der Waals surface area contributed by atoms with Crippen LogP contribution in [0.2, 0.25) is 6.82 Å². The van der Waals surface area contributed by atoms with Crippen molar-refractivity contribution >= 4 is 39.6 Å². The van der Waals surface area contributed by atoms with Crippen molar-refractivity contribution in [1.29, 1.82) is 0 Å². The van der Waals surface area contributed by atoms with Crippen LogP contribution in [-0.2, 0) is 0 Å². The average molecular weight is 424 g/mol. The van der Waals surface area contributed by atoms with E-state index in [0.29, 0.717) is 6.04 Å². The predicted molar refractivity (Wildman–Crippen MR) is 139 cm³/mol. The third kappa shape index (κ3) is 3.40. The molecule has 0 aliphatic heterocycles. The Morgan fingerprint density at radius 1 is 0.697 bits per heavy atom. The van der Waals surface area contributed by atoms with Crippen molar-refractivity contribution in [2.45, 2.75) is 6.82 Å². The highest BCUT2D eigenvalue weighted by atomic mass is 15.1. The molecular formula is C29H22BN3. The molecule has 3 nitrogen and oxygen atoms in total. The molecule has 0 fully saturated rings. The van der Waals surface area contributed by atoms with Crippen LogP contribution in [0.25, 0.3) is 38.8 Å². The number of nitrogens with zero attached hydrogens (tertiary/aromatic N) is 3. The lowest BCUT2D eigenvalue weighted by molar-refractivity contribution is 1.08. The number of para-hydroxylation sites is 1. The van der Waals surface area contributed by atoms with Crippen LogP contribution in [0.15, 0.2) is 115 Å². The summed E-state index contributed by atoms with van der Waals surface area (Å²) in [6, 6.07) is 33.8. The maximum atomic E-state index is 7.93. The van der Waals surface area contributed by atoms with E-state index in [0.717, 1.165) is 33.6 Å². The van der Waals surface area contributed by atoms with Gasteiger partial charge in [-0.1, -0.05) is 79.0 Å². The number of rotatable bonds is 4. The van der Waals surface area contributed by atoms with E-state index in [1.54, 1.807) is 12.3 Å². The summed E-state index contributed by atoms with van der Waals surface area (Å²) in [6.07, 6.45) is 3.55. The Bertz CT molecular complexity index is 1640. The Balaban J connectivity index is 1.50. The predicted octanol–water partition coefficient (Wildman–Crippen LogP) is 5.48. The fourth-order valence-corrected chi connectivity index (χ4v) is 4.62. The molecule has 0 radical (unpaired) electrons. The fraction of sp³-hybridized carbons (Fsp3) is 0.0345. The summed E-state index contributed by atoms with van der Waals surface area (Å²) in [6.45, 7) is 2.25. The Morgan fingerprint density at radius 3 is 2.39 bits per heavy atom. The molecule has 0 aliphatic carbocycles. The van der Waals surface area contributed by atoms with Gasteiger partial charge in [-0.3, -0.25) is 9.55 Å². The second-order valence-corrected chi connectivity index (χ2v) is 8.30. The van der Waals surface area contributed by atoms with Gasteiger partial charge in [-0.2, -0.15) is 0 Å². The molecular weight excluding hydrogens is 401 g/mol. The molecule has 0 atom stereocenters. The molecule has 0 saturated heterocycles. The molecule has 3 aromatic heterocycles. The van der Waals surface area contributed by atoms with Gasteiger partial charge < -0.3 is 0 Å². The molecule has 3 aromatic carbocycles. The third-order valence-electron chi connectivity index (χ3n) is 6.34. The van der Waals surface area contributed by atoms with E-state index in [1.165, 1.54) is 16.2 Å². The first-order valence-corrected chi connectivity index (χ1v) is 11.2. The Labute approximate surface area is 194 Å². The molecule has 4 heteroatoms. The van der Waals surface area contributed by atoms with Crippen molar-refractivity contribution in [2.75, 3.05) is 0 Å². The molecule has 156 valence electrons. The summed E-state index contributed by atoms with van der Waals surface area (Å²) < 4.78 is 10.2. The van der Waals surface area contributed by atoms with Crippen LogP contribution >= 0.6 is 0 Å². The van der Waals surface area contributed by atoms with E-state index >= 15 is 0 Å². The maximum Gasteiger partial charge on any atom is 0.230 e. The first kappa shape index (κ1) is 18.4. The van der Waals surface area contributed by atoms with E-state index in [9.17, 15) is 0 Å². The van der Waals surface area contributed by atoms with E-state index in [-0.39, 0.29) is 6.71 Å². The summed E-state index contributed by atoms with van der Waals surface area (Å²) >= 11 is 0. The lowest BCUT2D eigenvalue weighted by atomic mass is 9.44. The van der Waals surface area contributed by atoms with E-state index in [4.69, 9.17) is 1.37 Å². The zero-order chi connectivity index (χ0) is 23.1. The number of pyridine rings is 2. The first-order chi connectivity index (χ1) is 16.7. The highest BCUT2D eigenvalue weighted by Crippen LogP contribution is 2.34. The Hall–Kier alpha value is -4.18. The minimum atomic E-state index is 0.106. The van der Waals surface area contributed by atoms with Crippen LogP contribution in [0.1, 0.15) is 1.37 Å². The van der Waals surface area contributed by atoms with Gasteiger partial charge in [0.1, 0.15) is 5.82 Å². The molecule has 6 rings (SSSR count). The van der Waals surface area contributed by atoms with Crippen LogP contribution in [0.4, 0.5) is 0 Å². The molecule has 0 unspecified atom stereocenters. The van der Waals surface area contributed by atoms with Gasteiger partial charge in [0.2, 0.25) is 6.71 Å². The van der Waals surface area contributed by atoms with E-state index in [1.807, 2.05) is 30.5 Å². The quantitative estimate of drug-likeness (QED) is 0.351. The summed E-state index contributed by atoms with van der Waals surface area (Å²) in [5, 5.41) is 2.43. The molecule has 6 aromatic rings. The zero-order valence-electron chi connectivity index (χ0n) is 19.3. The van der Waals surface area contributed by atoms with Crippen molar-refractivity contribution in [3.63, 3.8) is 0 Å². The zero-order valence-corrected chi connectivity index (χ0v) is 18.3.